The first-order chi connectivity index (χ1) is 14.7. The summed E-state index contributed by atoms with van der Waals surface area (Å²) in [5.41, 5.74) is 3.53. The Labute approximate surface area is 182 Å². The number of hydrogen-bond donors (Lipinski definition) is 0. The maximum Gasteiger partial charge on any atom is 0.213 e. The first-order valence-electron chi connectivity index (χ1n) is 11.8. The molecule has 3 rings (SSSR count). The molecule has 30 heavy (non-hydrogen) atoms. The molecule has 0 radical (unpaired) electrons. The van der Waals surface area contributed by atoms with Crippen molar-refractivity contribution in [3.63, 3.8) is 0 Å². The zero-order valence-electron chi connectivity index (χ0n) is 18.7. The van der Waals surface area contributed by atoms with Gasteiger partial charge in [0.05, 0.1) is 0 Å². The average Bonchev–Trinajstić information content (AvgIpc) is 2.78. The zero-order chi connectivity index (χ0) is 21.2. The number of aldehydes is 1. The molecule has 3 heteroatoms. The van der Waals surface area contributed by atoms with Crippen molar-refractivity contribution < 1.29 is 9.53 Å². The molecule has 2 aromatic rings. The third kappa shape index (κ3) is 5.93. The van der Waals surface area contributed by atoms with Crippen LogP contribution < -0.4 is 4.74 Å². The van der Waals surface area contributed by atoms with Crippen molar-refractivity contribution in [1.82, 2.24) is 4.98 Å². The molecule has 0 aliphatic heterocycles. The number of ether oxygens (including phenoxy) is 1. The predicted octanol–water partition coefficient (Wildman–Crippen LogP) is 7.04. The highest BCUT2D eigenvalue weighted by Gasteiger charge is 2.39. The van der Waals surface area contributed by atoms with E-state index in [1.807, 2.05) is 24.3 Å². The van der Waals surface area contributed by atoms with Crippen molar-refractivity contribution in [2.45, 2.75) is 90.6 Å². The monoisotopic (exact) mass is 407 g/mol. The van der Waals surface area contributed by atoms with Crippen molar-refractivity contribution in [2.75, 3.05) is 0 Å². The Kier molecular flexibility index (Phi) is 8.48. The van der Waals surface area contributed by atoms with Crippen LogP contribution in [0.15, 0.2) is 42.5 Å². The second-order valence-corrected chi connectivity index (χ2v) is 9.00. The van der Waals surface area contributed by atoms with Gasteiger partial charge in [-0.2, -0.15) is 0 Å². The van der Waals surface area contributed by atoms with Gasteiger partial charge in [0.2, 0.25) is 5.88 Å². The molecule has 1 aliphatic rings. The van der Waals surface area contributed by atoms with E-state index >= 15 is 0 Å². The van der Waals surface area contributed by atoms with Crippen LogP contribution >= 0.6 is 0 Å². The summed E-state index contributed by atoms with van der Waals surface area (Å²) in [6.07, 6.45) is 13.0. The Morgan fingerprint density at radius 1 is 1.00 bits per heavy atom. The number of benzene rings is 1. The molecule has 1 unspecified atom stereocenters. The largest absolute Gasteiger partial charge is 0.473 e. The second kappa shape index (κ2) is 11.3. The minimum absolute atomic E-state index is 0.0346. The van der Waals surface area contributed by atoms with Gasteiger partial charge < -0.3 is 9.53 Å². The highest BCUT2D eigenvalue weighted by Crippen LogP contribution is 2.47. The van der Waals surface area contributed by atoms with Crippen LogP contribution in [0.1, 0.15) is 94.4 Å². The van der Waals surface area contributed by atoms with Crippen molar-refractivity contribution in [3.8, 4) is 5.88 Å². The third-order valence-corrected chi connectivity index (χ3v) is 6.59. The zero-order valence-corrected chi connectivity index (χ0v) is 18.7. The van der Waals surface area contributed by atoms with E-state index in [0.717, 1.165) is 35.9 Å². The highest BCUT2D eigenvalue weighted by molar-refractivity contribution is 5.64. The maximum absolute atomic E-state index is 12.0. The molecule has 1 atom stereocenters. The van der Waals surface area contributed by atoms with Crippen LogP contribution in [0.5, 0.6) is 5.88 Å². The summed E-state index contributed by atoms with van der Waals surface area (Å²) in [7, 11) is 0. The molecule has 0 saturated heterocycles. The van der Waals surface area contributed by atoms with Crippen LogP contribution in [-0.2, 0) is 17.8 Å². The lowest BCUT2D eigenvalue weighted by Crippen LogP contribution is -2.33. The molecule has 0 fully saturated rings. The van der Waals surface area contributed by atoms with Crippen LogP contribution in [-0.4, -0.2) is 11.3 Å². The number of hydrogen-bond acceptors (Lipinski definition) is 3. The lowest BCUT2D eigenvalue weighted by Gasteiger charge is -2.41. The normalized spacial score (nSPS) is 17.3. The molecule has 0 spiro atoms. The molecule has 3 nitrogen and oxygen atoms in total. The molecule has 0 amide bonds. The van der Waals surface area contributed by atoms with Gasteiger partial charge in [-0.3, -0.25) is 0 Å². The van der Waals surface area contributed by atoms with Gasteiger partial charge >= 0.3 is 0 Å². The van der Waals surface area contributed by atoms with Gasteiger partial charge in [-0.1, -0.05) is 88.8 Å². The Morgan fingerprint density at radius 3 is 2.33 bits per heavy atom. The van der Waals surface area contributed by atoms with Gasteiger partial charge in [-0.25, -0.2) is 4.98 Å². The van der Waals surface area contributed by atoms with Crippen LogP contribution in [0.4, 0.5) is 0 Å². The van der Waals surface area contributed by atoms with Crippen LogP contribution in [0.2, 0.25) is 0 Å². The summed E-state index contributed by atoms with van der Waals surface area (Å²) < 4.78 is 5.99. The number of carbonyl (C=O) groups excluding carboxylic acids is 1. The van der Waals surface area contributed by atoms with E-state index in [2.05, 4.69) is 32.0 Å². The van der Waals surface area contributed by atoms with Crippen LogP contribution in [0.3, 0.4) is 0 Å². The number of unbranched alkanes of at least 4 members (excludes halogenated alkanes) is 4. The average molecular weight is 408 g/mol. The minimum Gasteiger partial charge on any atom is -0.473 e. The van der Waals surface area contributed by atoms with Gasteiger partial charge in [-0.05, 0) is 42.2 Å². The molecule has 162 valence electrons. The van der Waals surface area contributed by atoms with E-state index < -0.39 is 0 Å². The predicted molar refractivity (Wildman–Crippen MR) is 123 cm³/mol. The van der Waals surface area contributed by atoms with E-state index in [9.17, 15) is 4.79 Å². The van der Waals surface area contributed by atoms with E-state index in [1.165, 1.54) is 51.4 Å². The van der Waals surface area contributed by atoms with Crippen LogP contribution in [0, 0.1) is 5.41 Å². The Morgan fingerprint density at radius 2 is 1.70 bits per heavy atom. The summed E-state index contributed by atoms with van der Waals surface area (Å²) in [5.74, 6) is 0.632. The quantitative estimate of drug-likeness (QED) is 0.280. The van der Waals surface area contributed by atoms with E-state index in [-0.39, 0.29) is 11.3 Å². The second-order valence-electron chi connectivity index (χ2n) is 9.00. The SMILES string of the molecule is CCCCCC1(CCCCC)Cc2nc(OCc3ccccc3)ccc2C(C=O)C1. The lowest BCUT2D eigenvalue weighted by molar-refractivity contribution is -0.110. The summed E-state index contributed by atoms with van der Waals surface area (Å²) in [6.45, 7) is 5.03. The molecule has 1 aromatic carbocycles. The van der Waals surface area contributed by atoms with Gasteiger partial charge in [0.1, 0.15) is 12.9 Å². The summed E-state index contributed by atoms with van der Waals surface area (Å²) in [5, 5.41) is 0. The fourth-order valence-corrected chi connectivity index (χ4v) is 4.91. The summed E-state index contributed by atoms with van der Waals surface area (Å²) in [4.78, 5) is 16.9. The summed E-state index contributed by atoms with van der Waals surface area (Å²) >= 11 is 0. The first kappa shape index (κ1) is 22.5. The van der Waals surface area contributed by atoms with E-state index in [1.54, 1.807) is 0 Å². The van der Waals surface area contributed by atoms with Gasteiger partial charge in [-0.15, -0.1) is 0 Å². The molecule has 0 bridgehead atoms. The first-order valence-corrected chi connectivity index (χ1v) is 11.8. The lowest BCUT2D eigenvalue weighted by atomic mass is 9.64. The van der Waals surface area contributed by atoms with Crippen molar-refractivity contribution >= 4 is 6.29 Å². The Balaban J connectivity index is 1.79. The fraction of sp³-hybridized carbons (Fsp3) is 0.556. The highest BCUT2D eigenvalue weighted by atomic mass is 16.5. The standard InChI is InChI=1S/C27H37NO2/c1-3-5-10-16-27(17-11-6-4-2)18-23(20-29)24-14-15-26(28-25(24)19-27)30-21-22-12-8-7-9-13-22/h7-9,12-15,20,23H,3-6,10-11,16-19,21H2,1-2H3. The fourth-order valence-electron chi connectivity index (χ4n) is 4.91. The van der Waals surface area contributed by atoms with Crippen molar-refractivity contribution in [3.05, 3.63) is 59.3 Å². The van der Waals surface area contributed by atoms with Gasteiger partial charge in [0, 0.05) is 17.7 Å². The minimum atomic E-state index is -0.0346. The topological polar surface area (TPSA) is 39.2 Å². The number of aromatic nitrogens is 1. The van der Waals surface area contributed by atoms with Gasteiger partial charge in [0.15, 0.2) is 0 Å². The number of fused-ring (bicyclic) bond motifs is 1. The molecule has 1 aliphatic carbocycles. The molecule has 1 heterocycles. The van der Waals surface area contributed by atoms with E-state index in [0.29, 0.717) is 12.5 Å². The number of rotatable bonds is 12. The summed E-state index contributed by atoms with van der Waals surface area (Å²) in [6, 6.07) is 14.2. The van der Waals surface area contributed by atoms with Crippen molar-refractivity contribution in [2.24, 2.45) is 5.41 Å². The van der Waals surface area contributed by atoms with Gasteiger partial charge in [0.25, 0.3) is 0 Å². The van der Waals surface area contributed by atoms with Crippen molar-refractivity contribution in [1.29, 1.82) is 0 Å². The molecule has 1 aromatic heterocycles. The Bertz CT molecular complexity index is 777. The molecule has 0 N–H and O–H groups in total. The molecular weight excluding hydrogens is 370 g/mol. The van der Waals surface area contributed by atoms with Crippen LogP contribution in [0.25, 0.3) is 0 Å². The smallest absolute Gasteiger partial charge is 0.213 e. The number of nitrogens with zero attached hydrogens (tertiary/aromatic N) is 1. The number of pyridine rings is 1. The van der Waals surface area contributed by atoms with E-state index in [4.69, 9.17) is 9.72 Å². The number of carbonyl (C=O) groups is 1. The molecular formula is C27H37NO2. The molecule has 0 saturated carbocycles. The Hall–Kier alpha value is -2.16. The third-order valence-electron chi connectivity index (χ3n) is 6.59. The maximum atomic E-state index is 12.0.